The first-order chi connectivity index (χ1) is 15.9. The summed E-state index contributed by atoms with van der Waals surface area (Å²) in [6.45, 7) is 4.85. The summed E-state index contributed by atoms with van der Waals surface area (Å²) in [5.74, 6) is 0.412. The van der Waals surface area contributed by atoms with Gasteiger partial charge in [-0.25, -0.2) is 13.4 Å². The molecule has 2 aromatic carbocycles. The van der Waals surface area contributed by atoms with Crippen molar-refractivity contribution in [2.75, 3.05) is 23.8 Å². The average molecular weight is 485 g/mol. The highest BCUT2D eigenvalue weighted by Crippen LogP contribution is 2.35. The minimum Gasteiger partial charge on any atom is -0.492 e. The molecule has 4 aromatic rings. The van der Waals surface area contributed by atoms with E-state index >= 15 is 0 Å². The fourth-order valence-corrected chi connectivity index (χ4v) is 5.24. The number of aromatic nitrogens is 3. The van der Waals surface area contributed by atoms with Crippen molar-refractivity contribution in [1.82, 2.24) is 14.8 Å². The molecule has 8 nitrogen and oxygen atoms in total. The molecule has 0 fully saturated rings. The third-order valence-electron chi connectivity index (χ3n) is 5.10. The molecule has 0 aliphatic heterocycles. The highest BCUT2D eigenvalue weighted by molar-refractivity contribution is 7.91. The van der Waals surface area contributed by atoms with E-state index in [9.17, 15) is 13.2 Å². The summed E-state index contributed by atoms with van der Waals surface area (Å²) in [5.41, 5.74) is 1.09. The van der Waals surface area contributed by atoms with Crippen LogP contribution in [-0.4, -0.2) is 48.0 Å². The van der Waals surface area contributed by atoms with Gasteiger partial charge in [-0.2, -0.15) is 5.10 Å². The van der Waals surface area contributed by atoms with E-state index in [0.29, 0.717) is 41.7 Å². The van der Waals surface area contributed by atoms with Crippen LogP contribution in [0, 0.1) is 0 Å². The summed E-state index contributed by atoms with van der Waals surface area (Å²) in [5, 5.41) is 4.76. The number of nitrogens with zero attached hydrogens (tertiary/aromatic N) is 4. The molecule has 0 atom stereocenters. The van der Waals surface area contributed by atoms with Crippen molar-refractivity contribution in [2.45, 2.75) is 25.3 Å². The van der Waals surface area contributed by atoms with E-state index in [1.807, 2.05) is 37.4 Å². The quantitative estimate of drug-likeness (QED) is 0.356. The minimum absolute atomic E-state index is 0.00412. The van der Waals surface area contributed by atoms with Crippen LogP contribution in [0.3, 0.4) is 0 Å². The molecule has 0 saturated heterocycles. The molecule has 0 bridgehead atoms. The molecule has 2 heterocycles. The summed E-state index contributed by atoms with van der Waals surface area (Å²) in [6, 6.07) is 13.6. The lowest BCUT2D eigenvalue weighted by Crippen LogP contribution is -2.34. The average Bonchev–Trinajstić information content (AvgIpc) is 3.50. The van der Waals surface area contributed by atoms with Gasteiger partial charge >= 0.3 is 0 Å². The third kappa shape index (κ3) is 4.91. The Bertz CT molecular complexity index is 1350. The van der Waals surface area contributed by atoms with Gasteiger partial charge in [0.1, 0.15) is 11.3 Å². The maximum atomic E-state index is 13.5. The van der Waals surface area contributed by atoms with Gasteiger partial charge in [-0.3, -0.25) is 14.4 Å². The fourth-order valence-electron chi connectivity index (χ4n) is 3.35. The molecule has 0 N–H and O–H groups in total. The van der Waals surface area contributed by atoms with Gasteiger partial charge in [0.25, 0.3) is 5.91 Å². The van der Waals surface area contributed by atoms with E-state index in [-0.39, 0.29) is 16.6 Å². The van der Waals surface area contributed by atoms with Gasteiger partial charge in [-0.15, -0.1) is 0 Å². The van der Waals surface area contributed by atoms with Crippen LogP contribution in [0.2, 0.25) is 0 Å². The topological polar surface area (TPSA) is 94.4 Å². The molecule has 10 heteroatoms. The number of carbonyl (C=O) groups excluding carboxylic acids is 1. The SMILES string of the molecule is CCOc1cccc2sc(N(CCn3cccn3)C(=O)c3ccc(S(=O)(=O)CC)cc3)nc12. The van der Waals surface area contributed by atoms with Crippen molar-refractivity contribution in [3.63, 3.8) is 0 Å². The van der Waals surface area contributed by atoms with Gasteiger partial charge in [0.2, 0.25) is 0 Å². The van der Waals surface area contributed by atoms with Crippen molar-refractivity contribution in [1.29, 1.82) is 0 Å². The number of anilines is 1. The van der Waals surface area contributed by atoms with Crippen molar-refractivity contribution in [3.05, 3.63) is 66.5 Å². The molecule has 0 spiro atoms. The Kier molecular flexibility index (Phi) is 6.75. The Hall–Kier alpha value is -3.24. The molecule has 1 amide bonds. The number of thiazole rings is 1. The van der Waals surface area contributed by atoms with Gasteiger partial charge < -0.3 is 4.74 Å². The number of rotatable bonds is 9. The Balaban J connectivity index is 1.69. The fraction of sp³-hybridized carbons (Fsp3) is 0.261. The zero-order chi connectivity index (χ0) is 23.4. The summed E-state index contributed by atoms with van der Waals surface area (Å²) >= 11 is 1.41. The number of hydrogen-bond acceptors (Lipinski definition) is 7. The monoisotopic (exact) mass is 484 g/mol. The molecule has 0 radical (unpaired) electrons. The van der Waals surface area contributed by atoms with Crippen LogP contribution in [-0.2, 0) is 16.4 Å². The zero-order valence-electron chi connectivity index (χ0n) is 18.3. The van der Waals surface area contributed by atoms with Crippen molar-refractivity contribution in [2.24, 2.45) is 0 Å². The summed E-state index contributed by atoms with van der Waals surface area (Å²) in [6.07, 6.45) is 3.52. The predicted octanol–water partition coefficient (Wildman–Crippen LogP) is 4.03. The Morgan fingerprint density at radius 2 is 1.91 bits per heavy atom. The second-order valence-corrected chi connectivity index (χ2v) is 10.5. The number of para-hydroxylation sites is 1. The van der Waals surface area contributed by atoms with E-state index in [2.05, 4.69) is 5.10 Å². The molecule has 0 unspecified atom stereocenters. The minimum atomic E-state index is -3.34. The number of sulfone groups is 1. The molecule has 2 aromatic heterocycles. The lowest BCUT2D eigenvalue weighted by Gasteiger charge is -2.20. The van der Waals surface area contributed by atoms with Gasteiger partial charge in [-0.1, -0.05) is 24.3 Å². The first kappa shape index (κ1) is 22.9. The highest BCUT2D eigenvalue weighted by Gasteiger charge is 2.23. The van der Waals surface area contributed by atoms with Crippen LogP contribution in [0.4, 0.5) is 5.13 Å². The third-order valence-corrected chi connectivity index (χ3v) is 7.89. The maximum Gasteiger partial charge on any atom is 0.260 e. The second-order valence-electron chi connectivity index (χ2n) is 7.19. The summed E-state index contributed by atoms with van der Waals surface area (Å²) in [4.78, 5) is 20.0. The van der Waals surface area contributed by atoms with Crippen LogP contribution in [0.1, 0.15) is 24.2 Å². The van der Waals surface area contributed by atoms with Crippen LogP contribution in [0.25, 0.3) is 10.2 Å². The van der Waals surface area contributed by atoms with E-state index in [1.165, 1.54) is 23.5 Å². The van der Waals surface area contributed by atoms with Crippen molar-refractivity contribution >= 4 is 42.4 Å². The van der Waals surface area contributed by atoms with Gasteiger partial charge in [0, 0.05) is 24.5 Å². The molecular formula is C23H24N4O4S2. The van der Waals surface area contributed by atoms with Crippen LogP contribution in [0.5, 0.6) is 5.75 Å². The molecular weight excluding hydrogens is 460 g/mol. The second kappa shape index (κ2) is 9.72. The first-order valence-corrected chi connectivity index (χ1v) is 13.0. The number of fused-ring (bicyclic) bond motifs is 1. The molecule has 0 aliphatic rings. The lowest BCUT2D eigenvalue weighted by atomic mass is 10.2. The Morgan fingerprint density at radius 1 is 1.12 bits per heavy atom. The Morgan fingerprint density at radius 3 is 2.58 bits per heavy atom. The molecule has 33 heavy (non-hydrogen) atoms. The summed E-state index contributed by atoms with van der Waals surface area (Å²) < 4.78 is 32.6. The Labute approximate surface area is 196 Å². The first-order valence-electron chi connectivity index (χ1n) is 10.6. The number of hydrogen-bond donors (Lipinski definition) is 0. The molecule has 172 valence electrons. The number of amides is 1. The van der Waals surface area contributed by atoms with E-state index in [4.69, 9.17) is 9.72 Å². The molecule has 0 aliphatic carbocycles. The molecule has 0 saturated carbocycles. The van der Waals surface area contributed by atoms with Crippen LogP contribution >= 0.6 is 11.3 Å². The number of benzene rings is 2. The van der Waals surface area contributed by atoms with Crippen molar-refractivity contribution < 1.29 is 17.9 Å². The van der Waals surface area contributed by atoms with Gasteiger partial charge in [-0.05, 0) is 49.4 Å². The lowest BCUT2D eigenvalue weighted by molar-refractivity contribution is 0.0985. The largest absolute Gasteiger partial charge is 0.492 e. The van der Waals surface area contributed by atoms with Crippen LogP contribution in [0.15, 0.2) is 65.8 Å². The smallest absolute Gasteiger partial charge is 0.260 e. The highest BCUT2D eigenvalue weighted by atomic mass is 32.2. The standard InChI is InChI=1S/C23H24N4O4S2/c1-3-31-19-7-5-8-20-21(19)25-23(32-20)27(16-15-26-14-6-13-24-26)22(28)17-9-11-18(12-10-17)33(29,30)4-2/h5-14H,3-4,15-16H2,1-2H3. The number of carbonyl (C=O) groups is 1. The van der Waals surface area contributed by atoms with E-state index < -0.39 is 9.84 Å². The van der Waals surface area contributed by atoms with Gasteiger partial charge in [0.05, 0.1) is 28.5 Å². The predicted molar refractivity (Wildman–Crippen MR) is 129 cm³/mol. The van der Waals surface area contributed by atoms with E-state index in [0.717, 1.165) is 4.70 Å². The maximum absolute atomic E-state index is 13.5. The van der Waals surface area contributed by atoms with Crippen LogP contribution < -0.4 is 9.64 Å². The zero-order valence-corrected chi connectivity index (χ0v) is 20.0. The normalized spacial score (nSPS) is 11.6. The number of ether oxygens (including phenoxy) is 1. The van der Waals surface area contributed by atoms with Crippen molar-refractivity contribution in [3.8, 4) is 5.75 Å². The van der Waals surface area contributed by atoms with E-state index in [1.54, 1.807) is 34.8 Å². The molecule has 4 rings (SSSR count). The van der Waals surface area contributed by atoms with Gasteiger partial charge in [0.15, 0.2) is 15.0 Å². The summed E-state index contributed by atoms with van der Waals surface area (Å²) in [7, 11) is -3.34.